The maximum Gasteiger partial charge on any atom is 0.225 e. The summed E-state index contributed by atoms with van der Waals surface area (Å²) in [5.41, 5.74) is 6.28. The highest BCUT2D eigenvalue weighted by molar-refractivity contribution is 7.13. The molecule has 4 rings (SSSR count). The van der Waals surface area contributed by atoms with Crippen LogP contribution in [-0.4, -0.2) is 71.6 Å². The van der Waals surface area contributed by atoms with E-state index in [0.717, 1.165) is 63.3 Å². The van der Waals surface area contributed by atoms with E-state index in [0.29, 0.717) is 11.9 Å². The molecule has 0 aromatic carbocycles. The molecule has 0 spiro atoms. The summed E-state index contributed by atoms with van der Waals surface area (Å²) in [5, 5.41) is 3.11. The Labute approximate surface area is 163 Å². The molecule has 9 heteroatoms. The first-order valence-corrected chi connectivity index (χ1v) is 10.4. The van der Waals surface area contributed by atoms with Gasteiger partial charge in [0.05, 0.1) is 0 Å². The second kappa shape index (κ2) is 8.51. The molecule has 2 saturated heterocycles. The van der Waals surface area contributed by atoms with Crippen molar-refractivity contribution in [3.8, 4) is 0 Å². The molecular formula is C18H26N8S. The van der Waals surface area contributed by atoms with E-state index in [1.807, 2.05) is 17.6 Å². The molecule has 8 nitrogen and oxygen atoms in total. The number of piperazine rings is 1. The average molecular weight is 387 g/mol. The highest BCUT2D eigenvalue weighted by Gasteiger charge is 2.23. The topological polar surface area (TPSA) is 86.8 Å². The molecule has 2 N–H and O–H groups in total. The van der Waals surface area contributed by atoms with Crippen molar-refractivity contribution < 1.29 is 0 Å². The van der Waals surface area contributed by atoms with Gasteiger partial charge in [0, 0.05) is 69.8 Å². The van der Waals surface area contributed by atoms with Crippen molar-refractivity contribution in [1.82, 2.24) is 19.9 Å². The van der Waals surface area contributed by atoms with Crippen molar-refractivity contribution in [1.29, 1.82) is 0 Å². The fourth-order valence-corrected chi connectivity index (χ4v) is 4.37. The minimum Gasteiger partial charge on any atom is -0.370 e. The summed E-state index contributed by atoms with van der Waals surface area (Å²) in [5.74, 6) is 1.98. The van der Waals surface area contributed by atoms with Crippen LogP contribution in [0.2, 0.25) is 0 Å². The molecule has 2 aliphatic heterocycles. The number of aliphatic imine (C=N–C) groups is 1. The minimum absolute atomic E-state index is 0.498. The lowest BCUT2D eigenvalue weighted by molar-refractivity contribution is 0.375. The molecule has 1 unspecified atom stereocenters. The molecule has 27 heavy (non-hydrogen) atoms. The smallest absolute Gasteiger partial charge is 0.225 e. The van der Waals surface area contributed by atoms with Crippen LogP contribution in [0.5, 0.6) is 0 Å². The van der Waals surface area contributed by atoms with Gasteiger partial charge in [-0.15, -0.1) is 11.3 Å². The molecule has 2 aliphatic rings. The fourth-order valence-electron chi connectivity index (χ4n) is 3.67. The molecule has 0 bridgehead atoms. The number of aromatic nitrogens is 3. The van der Waals surface area contributed by atoms with Gasteiger partial charge in [0.25, 0.3) is 0 Å². The number of rotatable bonds is 4. The van der Waals surface area contributed by atoms with Crippen LogP contribution in [0, 0.1) is 5.92 Å². The van der Waals surface area contributed by atoms with Crippen molar-refractivity contribution >= 4 is 28.4 Å². The Kier molecular flexibility index (Phi) is 5.66. The molecule has 2 aromatic rings. The van der Waals surface area contributed by atoms with Crippen LogP contribution in [0.25, 0.3) is 0 Å². The number of hydrogen-bond donors (Lipinski definition) is 1. The monoisotopic (exact) mass is 386 g/mol. The number of piperidine rings is 1. The molecule has 0 aliphatic carbocycles. The van der Waals surface area contributed by atoms with Crippen LogP contribution < -0.4 is 15.5 Å². The second-order valence-electron chi connectivity index (χ2n) is 6.99. The SMILES string of the molecule is NC(=NCC1CCCN(c2ncccn2)C1)N1CCN(c2nccs2)CC1. The number of thiazole rings is 1. The maximum atomic E-state index is 6.28. The molecule has 0 radical (unpaired) electrons. The van der Waals surface area contributed by atoms with Gasteiger partial charge in [0.1, 0.15) is 0 Å². The Balaban J connectivity index is 1.28. The van der Waals surface area contributed by atoms with E-state index in [2.05, 4.69) is 29.7 Å². The van der Waals surface area contributed by atoms with Gasteiger partial charge in [-0.25, -0.2) is 15.0 Å². The lowest BCUT2D eigenvalue weighted by Gasteiger charge is -2.35. The van der Waals surface area contributed by atoms with E-state index in [9.17, 15) is 0 Å². The quantitative estimate of drug-likeness (QED) is 0.626. The van der Waals surface area contributed by atoms with Gasteiger partial charge in [0.15, 0.2) is 11.1 Å². The van der Waals surface area contributed by atoms with Crippen molar-refractivity contribution in [3.63, 3.8) is 0 Å². The third kappa shape index (κ3) is 4.47. The van der Waals surface area contributed by atoms with Crippen LogP contribution in [0.1, 0.15) is 12.8 Å². The lowest BCUT2D eigenvalue weighted by atomic mass is 9.98. The zero-order chi connectivity index (χ0) is 18.5. The van der Waals surface area contributed by atoms with E-state index in [1.165, 1.54) is 6.42 Å². The number of guanidine groups is 1. The van der Waals surface area contributed by atoms with E-state index in [-0.39, 0.29) is 0 Å². The van der Waals surface area contributed by atoms with Gasteiger partial charge in [-0.1, -0.05) is 0 Å². The van der Waals surface area contributed by atoms with E-state index in [1.54, 1.807) is 23.7 Å². The molecule has 2 aromatic heterocycles. The second-order valence-corrected chi connectivity index (χ2v) is 7.86. The first kappa shape index (κ1) is 18.0. The number of hydrogen-bond acceptors (Lipinski definition) is 7. The summed E-state index contributed by atoms with van der Waals surface area (Å²) in [6.45, 7) is 6.38. The van der Waals surface area contributed by atoms with Crippen molar-refractivity contribution in [2.75, 3.05) is 55.6 Å². The van der Waals surface area contributed by atoms with Crippen LogP contribution >= 0.6 is 11.3 Å². The largest absolute Gasteiger partial charge is 0.370 e. The number of nitrogens with zero attached hydrogens (tertiary/aromatic N) is 7. The van der Waals surface area contributed by atoms with Gasteiger partial charge < -0.3 is 20.4 Å². The molecule has 1 atom stereocenters. The van der Waals surface area contributed by atoms with Crippen LogP contribution in [0.15, 0.2) is 35.0 Å². The Hall–Kier alpha value is -2.42. The predicted octanol–water partition coefficient (Wildman–Crippen LogP) is 1.29. The summed E-state index contributed by atoms with van der Waals surface area (Å²) >= 11 is 1.69. The number of anilines is 2. The number of nitrogens with two attached hydrogens (primary N) is 1. The summed E-state index contributed by atoms with van der Waals surface area (Å²) < 4.78 is 0. The van der Waals surface area contributed by atoms with E-state index >= 15 is 0 Å². The Morgan fingerprint density at radius 1 is 1.07 bits per heavy atom. The molecule has 0 saturated carbocycles. The van der Waals surface area contributed by atoms with Gasteiger partial charge in [0.2, 0.25) is 5.95 Å². The van der Waals surface area contributed by atoms with E-state index in [4.69, 9.17) is 10.7 Å². The van der Waals surface area contributed by atoms with Crippen LogP contribution in [0.4, 0.5) is 11.1 Å². The zero-order valence-corrected chi connectivity index (χ0v) is 16.3. The third-order valence-corrected chi connectivity index (χ3v) is 5.99. The van der Waals surface area contributed by atoms with Gasteiger partial charge in [-0.2, -0.15) is 0 Å². The first-order chi connectivity index (χ1) is 13.3. The molecule has 2 fully saturated rings. The van der Waals surface area contributed by atoms with E-state index < -0.39 is 0 Å². The highest BCUT2D eigenvalue weighted by Crippen LogP contribution is 2.21. The highest BCUT2D eigenvalue weighted by atomic mass is 32.1. The van der Waals surface area contributed by atoms with Crippen LogP contribution in [-0.2, 0) is 0 Å². The summed E-state index contributed by atoms with van der Waals surface area (Å²) in [7, 11) is 0. The fraction of sp³-hybridized carbons (Fsp3) is 0.556. The normalized spacial score (nSPS) is 21.6. The van der Waals surface area contributed by atoms with Crippen molar-refractivity contribution in [2.24, 2.45) is 16.6 Å². The van der Waals surface area contributed by atoms with Gasteiger partial charge >= 0.3 is 0 Å². The molecular weight excluding hydrogens is 360 g/mol. The summed E-state index contributed by atoms with van der Waals surface area (Å²) in [6, 6.07) is 1.85. The standard InChI is InChI=1S/C18H26N8S/c19-16(24-8-10-25(11-9-24)18-22-6-12-27-18)23-13-15-3-1-7-26(14-15)17-20-4-2-5-21-17/h2,4-6,12,15H,1,3,7-11,13-14H2,(H2,19,23). The zero-order valence-electron chi connectivity index (χ0n) is 15.4. The Bertz CT molecular complexity index is 727. The van der Waals surface area contributed by atoms with Crippen LogP contribution in [0.3, 0.4) is 0 Å². The maximum absolute atomic E-state index is 6.28. The first-order valence-electron chi connectivity index (χ1n) is 9.51. The average Bonchev–Trinajstić information content (AvgIpc) is 3.28. The summed E-state index contributed by atoms with van der Waals surface area (Å²) in [6.07, 6.45) is 7.78. The third-order valence-electron chi connectivity index (χ3n) is 5.16. The Morgan fingerprint density at radius 3 is 2.63 bits per heavy atom. The lowest BCUT2D eigenvalue weighted by Crippen LogP contribution is -2.51. The van der Waals surface area contributed by atoms with Gasteiger partial charge in [-0.05, 0) is 24.8 Å². The van der Waals surface area contributed by atoms with Crippen molar-refractivity contribution in [3.05, 3.63) is 30.0 Å². The molecule has 4 heterocycles. The molecule has 144 valence electrons. The van der Waals surface area contributed by atoms with Crippen molar-refractivity contribution in [2.45, 2.75) is 12.8 Å². The molecule has 0 amide bonds. The Morgan fingerprint density at radius 2 is 1.89 bits per heavy atom. The van der Waals surface area contributed by atoms with Gasteiger partial charge in [-0.3, -0.25) is 4.99 Å². The summed E-state index contributed by atoms with van der Waals surface area (Å²) in [4.78, 5) is 24.6. The predicted molar refractivity (Wildman–Crippen MR) is 109 cm³/mol. The minimum atomic E-state index is 0.498.